The molecule has 0 aliphatic carbocycles. The number of nitrogens with zero attached hydrogens (tertiary/aromatic N) is 3. The Labute approximate surface area is 114 Å². The van der Waals surface area contributed by atoms with Crippen molar-refractivity contribution in [2.24, 2.45) is 0 Å². The van der Waals surface area contributed by atoms with E-state index in [1.807, 2.05) is 31.2 Å². The van der Waals surface area contributed by atoms with E-state index < -0.39 is 5.82 Å². The largest absolute Gasteiger partial charge is 0.369 e. The summed E-state index contributed by atoms with van der Waals surface area (Å²) in [6, 6.07) is 12.0. The van der Waals surface area contributed by atoms with Crippen LogP contribution in [-0.4, -0.2) is 9.55 Å². The molecule has 5 heteroatoms. The van der Waals surface area contributed by atoms with Gasteiger partial charge in [0, 0.05) is 0 Å². The Balaban J connectivity index is 2.43. The molecule has 0 radical (unpaired) electrons. The van der Waals surface area contributed by atoms with Crippen LogP contribution in [0.1, 0.15) is 11.1 Å². The minimum absolute atomic E-state index is 0.0417. The van der Waals surface area contributed by atoms with Crippen LogP contribution < -0.4 is 5.73 Å². The Morgan fingerprint density at radius 3 is 2.75 bits per heavy atom. The summed E-state index contributed by atoms with van der Waals surface area (Å²) < 4.78 is 15.4. The average Bonchev–Trinajstić information content (AvgIpc) is 2.76. The second-order valence-electron chi connectivity index (χ2n) is 4.49. The molecule has 0 atom stereocenters. The van der Waals surface area contributed by atoms with Gasteiger partial charge >= 0.3 is 0 Å². The number of anilines is 1. The third-order valence-electron chi connectivity index (χ3n) is 3.26. The molecule has 0 saturated heterocycles. The smallest absolute Gasteiger partial charge is 0.205 e. The fourth-order valence-corrected chi connectivity index (χ4v) is 2.32. The molecule has 2 aromatic carbocycles. The fraction of sp³-hybridized carbons (Fsp3) is 0.0667. The van der Waals surface area contributed by atoms with Gasteiger partial charge in [0.05, 0.1) is 16.7 Å². The Hall–Kier alpha value is -2.87. The number of benzene rings is 2. The molecule has 0 spiro atoms. The molecule has 0 unspecified atom stereocenters. The molecule has 0 saturated carbocycles. The van der Waals surface area contributed by atoms with E-state index >= 15 is 0 Å². The lowest BCUT2D eigenvalue weighted by atomic mass is 10.1. The Bertz CT molecular complexity index is 858. The van der Waals surface area contributed by atoms with E-state index in [2.05, 4.69) is 4.98 Å². The normalized spacial score (nSPS) is 10.7. The summed E-state index contributed by atoms with van der Waals surface area (Å²) in [5, 5.41) is 9.15. The van der Waals surface area contributed by atoms with Crippen LogP contribution in [-0.2, 0) is 0 Å². The molecule has 3 rings (SSSR count). The summed E-state index contributed by atoms with van der Waals surface area (Å²) in [7, 11) is 0. The third-order valence-corrected chi connectivity index (χ3v) is 3.26. The van der Waals surface area contributed by atoms with Crippen LogP contribution >= 0.6 is 0 Å². The van der Waals surface area contributed by atoms with E-state index in [0.29, 0.717) is 5.69 Å². The van der Waals surface area contributed by atoms with Gasteiger partial charge in [-0.05, 0) is 30.7 Å². The number of nitriles is 1. The molecule has 0 bridgehead atoms. The number of rotatable bonds is 1. The highest BCUT2D eigenvalue weighted by atomic mass is 19.1. The van der Waals surface area contributed by atoms with E-state index in [-0.39, 0.29) is 11.5 Å². The van der Waals surface area contributed by atoms with Gasteiger partial charge in [0.2, 0.25) is 5.95 Å². The van der Waals surface area contributed by atoms with Crippen LogP contribution in [0.15, 0.2) is 36.4 Å². The molecule has 98 valence electrons. The summed E-state index contributed by atoms with van der Waals surface area (Å²) >= 11 is 0. The van der Waals surface area contributed by atoms with Gasteiger partial charge in [-0.1, -0.05) is 18.2 Å². The molecule has 0 fully saturated rings. The van der Waals surface area contributed by atoms with Crippen LogP contribution in [0.2, 0.25) is 0 Å². The summed E-state index contributed by atoms with van der Waals surface area (Å²) in [6.07, 6.45) is 0. The molecule has 0 aliphatic heterocycles. The summed E-state index contributed by atoms with van der Waals surface area (Å²) in [6.45, 7) is 1.93. The summed E-state index contributed by atoms with van der Waals surface area (Å²) in [4.78, 5) is 4.30. The number of hydrogen-bond donors (Lipinski definition) is 1. The first kappa shape index (κ1) is 12.2. The number of halogens is 1. The third kappa shape index (κ3) is 1.62. The van der Waals surface area contributed by atoms with Gasteiger partial charge in [0.15, 0.2) is 0 Å². The molecule has 20 heavy (non-hydrogen) atoms. The van der Waals surface area contributed by atoms with Crippen LogP contribution in [0.4, 0.5) is 10.3 Å². The summed E-state index contributed by atoms with van der Waals surface area (Å²) in [5.74, 6) is -0.338. The standard InChI is InChI=1S/C15H11FN4/c1-9-4-2-7-13-14(9)19-15(18)20(13)12-6-3-5-11(16)10(12)8-17/h2-7H,1H3,(H2,18,19). The van der Waals surface area contributed by atoms with Crippen LogP contribution in [0.25, 0.3) is 16.7 Å². The maximum Gasteiger partial charge on any atom is 0.205 e. The molecule has 3 aromatic rings. The molecule has 0 aliphatic rings. The molecular formula is C15H11FN4. The number of fused-ring (bicyclic) bond motifs is 1. The average molecular weight is 266 g/mol. The van der Waals surface area contributed by atoms with Gasteiger partial charge in [0.1, 0.15) is 17.4 Å². The Morgan fingerprint density at radius 1 is 1.25 bits per heavy atom. The lowest BCUT2D eigenvalue weighted by molar-refractivity contribution is 0.623. The highest BCUT2D eigenvalue weighted by Gasteiger charge is 2.16. The maximum absolute atomic E-state index is 13.8. The highest BCUT2D eigenvalue weighted by molar-refractivity contribution is 5.84. The predicted octanol–water partition coefficient (Wildman–Crippen LogP) is 2.93. The number of aryl methyl sites for hydroxylation is 1. The van der Waals surface area contributed by atoms with Crippen LogP contribution in [0.3, 0.4) is 0 Å². The Morgan fingerprint density at radius 2 is 2.00 bits per heavy atom. The fourth-order valence-electron chi connectivity index (χ4n) is 2.32. The van der Waals surface area contributed by atoms with Crippen molar-refractivity contribution in [3.63, 3.8) is 0 Å². The Kier molecular flexibility index (Phi) is 2.65. The minimum Gasteiger partial charge on any atom is -0.369 e. The molecule has 1 aromatic heterocycles. The van der Waals surface area contributed by atoms with E-state index in [1.165, 1.54) is 6.07 Å². The van der Waals surface area contributed by atoms with Gasteiger partial charge in [-0.3, -0.25) is 4.57 Å². The van der Waals surface area contributed by atoms with E-state index in [4.69, 9.17) is 11.0 Å². The first-order chi connectivity index (χ1) is 9.63. The predicted molar refractivity (Wildman–Crippen MR) is 74.9 cm³/mol. The quantitative estimate of drug-likeness (QED) is 0.736. The van der Waals surface area contributed by atoms with Gasteiger partial charge in [0.25, 0.3) is 0 Å². The molecule has 1 heterocycles. The van der Waals surface area contributed by atoms with Crippen molar-refractivity contribution >= 4 is 17.0 Å². The lowest BCUT2D eigenvalue weighted by Gasteiger charge is -2.09. The zero-order valence-corrected chi connectivity index (χ0v) is 10.8. The van der Waals surface area contributed by atoms with Gasteiger partial charge in [-0.15, -0.1) is 0 Å². The van der Waals surface area contributed by atoms with Crippen molar-refractivity contribution in [1.82, 2.24) is 9.55 Å². The first-order valence-electron chi connectivity index (χ1n) is 6.06. The van der Waals surface area contributed by atoms with E-state index in [0.717, 1.165) is 16.6 Å². The van der Waals surface area contributed by atoms with Gasteiger partial charge in [-0.2, -0.15) is 5.26 Å². The number of imidazole rings is 1. The number of hydrogen-bond acceptors (Lipinski definition) is 3. The van der Waals surface area contributed by atoms with E-state index in [9.17, 15) is 4.39 Å². The molecule has 4 nitrogen and oxygen atoms in total. The molecule has 0 amide bonds. The van der Waals surface area contributed by atoms with E-state index in [1.54, 1.807) is 16.7 Å². The van der Waals surface area contributed by atoms with Crippen molar-refractivity contribution in [1.29, 1.82) is 5.26 Å². The zero-order valence-electron chi connectivity index (χ0n) is 10.8. The monoisotopic (exact) mass is 266 g/mol. The van der Waals surface area contributed by atoms with Crippen molar-refractivity contribution in [2.45, 2.75) is 6.92 Å². The highest BCUT2D eigenvalue weighted by Crippen LogP contribution is 2.27. The summed E-state index contributed by atoms with van der Waals surface area (Å²) in [5.41, 5.74) is 8.78. The van der Waals surface area contributed by atoms with Crippen molar-refractivity contribution in [3.05, 3.63) is 53.3 Å². The molecule has 2 N–H and O–H groups in total. The number of aromatic nitrogens is 2. The van der Waals surface area contributed by atoms with Crippen molar-refractivity contribution < 1.29 is 4.39 Å². The second kappa shape index (κ2) is 4.35. The van der Waals surface area contributed by atoms with Crippen molar-refractivity contribution in [2.75, 3.05) is 5.73 Å². The topological polar surface area (TPSA) is 67.6 Å². The first-order valence-corrected chi connectivity index (χ1v) is 6.06. The van der Waals surface area contributed by atoms with Crippen LogP contribution in [0, 0.1) is 24.1 Å². The van der Waals surface area contributed by atoms with Crippen molar-refractivity contribution in [3.8, 4) is 11.8 Å². The number of para-hydroxylation sites is 1. The zero-order chi connectivity index (χ0) is 14.3. The maximum atomic E-state index is 13.8. The second-order valence-corrected chi connectivity index (χ2v) is 4.49. The SMILES string of the molecule is Cc1cccc2c1nc(N)n2-c1cccc(F)c1C#N. The lowest BCUT2D eigenvalue weighted by Crippen LogP contribution is -2.04. The van der Waals surface area contributed by atoms with Gasteiger partial charge < -0.3 is 5.73 Å². The van der Waals surface area contributed by atoms with Gasteiger partial charge in [-0.25, -0.2) is 9.37 Å². The van der Waals surface area contributed by atoms with Crippen LogP contribution in [0.5, 0.6) is 0 Å². The minimum atomic E-state index is -0.570. The number of nitrogen functional groups attached to an aromatic ring is 1. The number of nitrogens with two attached hydrogens (primary N) is 1. The molecular weight excluding hydrogens is 255 g/mol.